The van der Waals surface area contributed by atoms with Crippen LogP contribution in [0.1, 0.15) is 31.4 Å². The van der Waals surface area contributed by atoms with Gasteiger partial charge in [0.05, 0.1) is 17.9 Å². The normalized spacial score (nSPS) is 19.8. The smallest absolute Gasteiger partial charge is 0.238 e. The van der Waals surface area contributed by atoms with Crippen molar-refractivity contribution >= 4 is 17.5 Å². The first kappa shape index (κ1) is 19.8. The van der Waals surface area contributed by atoms with Crippen LogP contribution in [0.25, 0.3) is 0 Å². The van der Waals surface area contributed by atoms with E-state index in [-0.39, 0.29) is 17.2 Å². The monoisotopic (exact) mass is 377 g/mol. The van der Waals surface area contributed by atoms with Gasteiger partial charge < -0.3 is 15.0 Å². The quantitative estimate of drug-likeness (QED) is 0.718. The van der Waals surface area contributed by atoms with E-state index in [1.807, 2.05) is 25.1 Å². The summed E-state index contributed by atoms with van der Waals surface area (Å²) in [5.74, 6) is 0.259. The maximum Gasteiger partial charge on any atom is 0.238 e. The molecule has 1 spiro atoms. The van der Waals surface area contributed by atoms with Crippen molar-refractivity contribution in [1.82, 2.24) is 19.6 Å². The van der Waals surface area contributed by atoms with E-state index in [2.05, 4.69) is 15.3 Å². The molecule has 0 bridgehead atoms. The van der Waals surface area contributed by atoms with E-state index in [1.54, 1.807) is 11.8 Å². The van der Waals surface area contributed by atoms with Gasteiger partial charge in [0.2, 0.25) is 11.8 Å². The number of methoxy groups -OCH3 is 1. The number of piperidine rings is 1. The minimum absolute atomic E-state index is 0.00857. The lowest BCUT2D eigenvalue weighted by Gasteiger charge is -2.38. The Labute approximate surface area is 160 Å². The third kappa shape index (κ3) is 4.87. The lowest BCUT2D eigenvalue weighted by atomic mass is 9.77. The summed E-state index contributed by atoms with van der Waals surface area (Å²) in [7, 11) is 3.53. The van der Waals surface area contributed by atoms with Crippen LogP contribution in [0.5, 0.6) is 0 Å². The number of rotatable bonds is 7. The molecule has 1 aromatic heterocycles. The number of hydrogen-bond donors (Lipinski definition) is 1. The summed E-state index contributed by atoms with van der Waals surface area (Å²) in [6, 6.07) is 0. The number of aryl methyl sites for hydroxylation is 2. The van der Waals surface area contributed by atoms with Gasteiger partial charge in [-0.2, -0.15) is 5.10 Å². The van der Waals surface area contributed by atoms with Crippen molar-refractivity contribution in [2.75, 3.05) is 51.8 Å². The molecule has 8 nitrogen and oxygen atoms in total. The van der Waals surface area contributed by atoms with E-state index >= 15 is 0 Å². The van der Waals surface area contributed by atoms with Crippen LogP contribution in [0, 0.1) is 12.3 Å². The second-order valence-electron chi connectivity index (χ2n) is 7.96. The Kier molecular flexibility index (Phi) is 6.16. The summed E-state index contributed by atoms with van der Waals surface area (Å²) >= 11 is 0. The Balaban J connectivity index is 1.45. The predicted molar refractivity (Wildman–Crippen MR) is 102 cm³/mol. The Morgan fingerprint density at radius 1 is 1.37 bits per heavy atom. The maximum absolute atomic E-state index is 12.3. The average molecular weight is 377 g/mol. The lowest BCUT2D eigenvalue weighted by Crippen LogP contribution is -2.44. The van der Waals surface area contributed by atoms with Crippen molar-refractivity contribution in [2.45, 2.75) is 32.6 Å². The van der Waals surface area contributed by atoms with Crippen molar-refractivity contribution in [3.63, 3.8) is 0 Å². The molecule has 0 atom stereocenters. The highest BCUT2D eigenvalue weighted by Crippen LogP contribution is 2.40. The number of likely N-dealkylation sites (tertiary alicyclic amines) is 2. The van der Waals surface area contributed by atoms with Crippen molar-refractivity contribution in [3.05, 3.63) is 11.9 Å². The standard InChI is InChI=1S/C19H31N5O3/c1-15-16(12-22(2)21-15)20-17(25)13-23-8-5-19(6-9-23)11-18(26)24(14-19)7-4-10-27-3/h12H,4-11,13-14H2,1-3H3,(H,20,25). The van der Waals surface area contributed by atoms with Crippen LogP contribution in [0.3, 0.4) is 0 Å². The Morgan fingerprint density at radius 2 is 2.11 bits per heavy atom. The largest absolute Gasteiger partial charge is 0.385 e. The zero-order chi connectivity index (χ0) is 19.4. The van der Waals surface area contributed by atoms with E-state index in [1.165, 1.54) is 0 Å². The third-order valence-electron chi connectivity index (χ3n) is 5.75. The van der Waals surface area contributed by atoms with E-state index in [9.17, 15) is 9.59 Å². The van der Waals surface area contributed by atoms with Crippen LogP contribution in [0.2, 0.25) is 0 Å². The van der Waals surface area contributed by atoms with Gasteiger partial charge in [0.15, 0.2) is 0 Å². The predicted octanol–water partition coefficient (Wildman–Crippen LogP) is 1.02. The first-order chi connectivity index (χ1) is 12.9. The molecule has 150 valence electrons. The molecule has 0 aromatic carbocycles. The Hall–Kier alpha value is -1.93. The van der Waals surface area contributed by atoms with Crippen molar-refractivity contribution < 1.29 is 14.3 Å². The molecule has 3 rings (SSSR count). The topological polar surface area (TPSA) is 79.7 Å². The van der Waals surface area contributed by atoms with Crippen molar-refractivity contribution in [3.8, 4) is 0 Å². The van der Waals surface area contributed by atoms with Crippen molar-refractivity contribution in [1.29, 1.82) is 0 Å². The number of anilines is 1. The number of aromatic nitrogens is 2. The Bertz CT molecular complexity index is 679. The molecule has 0 radical (unpaired) electrons. The van der Waals surface area contributed by atoms with Gasteiger partial charge in [-0.25, -0.2) is 0 Å². The molecule has 8 heteroatoms. The fourth-order valence-corrected chi connectivity index (χ4v) is 4.22. The molecule has 1 aromatic rings. The number of nitrogens with one attached hydrogen (secondary N) is 1. The summed E-state index contributed by atoms with van der Waals surface area (Å²) < 4.78 is 6.79. The van der Waals surface area contributed by atoms with Crippen LogP contribution in [0.15, 0.2) is 6.20 Å². The van der Waals surface area contributed by atoms with Crippen LogP contribution in [-0.4, -0.2) is 77.8 Å². The molecule has 1 N–H and O–H groups in total. The molecule has 27 heavy (non-hydrogen) atoms. The molecular formula is C19H31N5O3. The van der Waals surface area contributed by atoms with Crippen LogP contribution in [0.4, 0.5) is 5.69 Å². The molecule has 2 aliphatic heterocycles. The third-order valence-corrected chi connectivity index (χ3v) is 5.75. The highest BCUT2D eigenvalue weighted by molar-refractivity contribution is 5.92. The molecule has 0 unspecified atom stereocenters. The average Bonchev–Trinajstić information content (AvgIpc) is 3.09. The molecule has 0 saturated carbocycles. The van der Waals surface area contributed by atoms with E-state index in [4.69, 9.17) is 4.74 Å². The maximum atomic E-state index is 12.3. The highest BCUT2D eigenvalue weighted by Gasteiger charge is 2.44. The minimum Gasteiger partial charge on any atom is -0.385 e. The number of amides is 2. The first-order valence-corrected chi connectivity index (χ1v) is 9.70. The van der Waals surface area contributed by atoms with Gasteiger partial charge in [-0.05, 0) is 44.7 Å². The van der Waals surface area contributed by atoms with Crippen LogP contribution in [-0.2, 0) is 21.4 Å². The molecule has 2 fully saturated rings. The van der Waals surface area contributed by atoms with Gasteiger partial charge in [-0.1, -0.05) is 0 Å². The van der Waals surface area contributed by atoms with E-state index in [0.29, 0.717) is 19.6 Å². The van der Waals surface area contributed by atoms with E-state index < -0.39 is 0 Å². The summed E-state index contributed by atoms with van der Waals surface area (Å²) in [5, 5.41) is 7.19. The number of nitrogens with zero attached hydrogens (tertiary/aromatic N) is 4. The second-order valence-corrected chi connectivity index (χ2v) is 7.96. The number of ether oxygens (including phenoxy) is 1. The number of carbonyl (C=O) groups is 2. The molecular weight excluding hydrogens is 346 g/mol. The SMILES string of the molecule is COCCCN1CC2(CCN(CC(=O)Nc3cn(C)nc3C)CC2)CC1=O. The zero-order valence-electron chi connectivity index (χ0n) is 16.7. The van der Waals surface area contributed by atoms with Crippen LogP contribution < -0.4 is 5.32 Å². The van der Waals surface area contributed by atoms with Crippen LogP contribution >= 0.6 is 0 Å². The molecule has 2 amide bonds. The number of carbonyl (C=O) groups excluding carboxylic acids is 2. The molecule has 3 heterocycles. The fraction of sp³-hybridized carbons (Fsp3) is 0.737. The van der Waals surface area contributed by atoms with Gasteiger partial charge in [-0.3, -0.25) is 19.2 Å². The van der Waals surface area contributed by atoms with Gasteiger partial charge in [-0.15, -0.1) is 0 Å². The van der Waals surface area contributed by atoms with Gasteiger partial charge in [0.25, 0.3) is 0 Å². The summed E-state index contributed by atoms with van der Waals surface area (Å²) in [6.07, 6.45) is 5.30. The number of hydrogen-bond acceptors (Lipinski definition) is 5. The summed E-state index contributed by atoms with van der Waals surface area (Å²) in [6.45, 7) is 6.31. The summed E-state index contributed by atoms with van der Waals surface area (Å²) in [4.78, 5) is 28.9. The molecule has 2 saturated heterocycles. The van der Waals surface area contributed by atoms with Crippen molar-refractivity contribution in [2.24, 2.45) is 12.5 Å². The minimum atomic E-state index is -0.00857. The van der Waals surface area contributed by atoms with Gasteiger partial charge >= 0.3 is 0 Å². The second kappa shape index (κ2) is 8.39. The van der Waals surface area contributed by atoms with Gasteiger partial charge in [0, 0.05) is 46.5 Å². The first-order valence-electron chi connectivity index (χ1n) is 9.70. The summed E-state index contributed by atoms with van der Waals surface area (Å²) in [5.41, 5.74) is 1.68. The van der Waals surface area contributed by atoms with Gasteiger partial charge in [0.1, 0.15) is 0 Å². The molecule has 2 aliphatic rings. The fourth-order valence-electron chi connectivity index (χ4n) is 4.22. The lowest BCUT2D eigenvalue weighted by molar-refractivity contribution is -0.128. The zero-order valence-corrected chi connectivity index (χ0v) is 16.7. The highest BCUT2D eigenvalue weighted by atomic mass is 16.5. The molecule has 0 aliphatic carbocycles. The van der Waals surface area contributed by atoms with E-state index in [0.717, 1.165) is 56.8 Å². The Morgan fingerprint density at radius 3 is 2.74 bits per heavy atom.